The summed E-state index contributed by atoms with van der Waals surface area (Å²) in [6.45, 7) is 2.51. The van der Waals surface area contributed by atoms with E-state index < -0.39 is 10.8 Å². The summed E-state index contributed by atoms with van der Waals surface area (Å²) >= 11 is 1.57. The van der Waals surface area contributed by atoms with Crippen molar-refractivity contribution in [2.24, 2.45) is 0 Å². The summed E-state index contributed by atoms with van der Waals surface area (Å²) in [6, 6.07) is 1.96. The zero-order valence-corrected chi connectivity index (χ0v) is 13.9. The molecule has 0 spiro atoms. The van der Waals surface area contributed by atoms with Crippen molar-refractivity contribution in [3.8, 4) is 11.4 Å². The number of aryl methyl sites for hydroxylation is 1. The van der Waals surface area contributed by atoms with Crippen molar-refractivity contribution in [3.05, 3.63) is 22.7 Å². The van der Waals surface area contributed by atoms with E-state index in [4.69, 9.17) is 4.52 Å². The molecule has 1 saturated heterocycles. The van der Waals surface area contributed by atoms with E-state index in [9.17, 15) is 9.00 Å². The van der Waals surface area contributed by atoms with Gasteiger partial charge >= 0.3 is 0 Å². The Morgan fingerprint density at radius 1 is 1.59 bits per heavy atom. The van der Waals surface area contributed by atoms with E-state index in [2.05, 4.69) is 10.1 Å². The van der Waals surface area contributed by atoms with E-state index >= 15 is 0 Å². The summed E-state index contributed by atoms with van der Waals surface area (Å²) in [7, 11) is -0.795. The summed E-state index contributed by atoms with van der Waals surface area (Å²) in [5.74, 6) is 2.22. The summed E-state index contributed by atoms with van der Waals surface area (Å²) in [5.41, 5.74) is 0.929. The number of aromatic nitrogens is 2. The van der Waals surface area contributed by atoms with Crippen LogP contribution in [-0.2, 0) is 22.0 Å². The largest absolute Gasteiger partial charge is 0.339 e. The van der Waals surface area contributed by atoms with Crippen LogP contribution in [-0.4, -0.2) is 49.2 Å². The lowest BCUT2D eigenvalue weighted by molar-refractivity contribution is -0.132. The monoisotopic (exact) mass is 339 g/mol. The van der Waals surface area contributed by atoms with Gasteiger partial charge in [-0.1, -0.05) is 5.16 Å². The fourth-order valence-corrected chi connectivity index (χ4v) is 4.38. The zero-order chi connectivity index (χ0) is 15.5. The second-order valence-corrected chi connectivity index (χ2v) is 7.67. The van der Waals surface area contributed by atoms with Crippen LogP contribution in [0.5, 0.6) is 0 Å². The van der Waals surface area contributed by atoms with Crippen molar-refractivity contribution in [3.63, 3.8) is 0 Å². The first-order valence-corrected chi connectivity index (χ1v) is 9.56. The fourth-order valence-electron chi connectivity index (χ4n) is 2.46. The van der Waals surface area contributed by atoms with E-state index in [0.29, 0.717) is 42.6 Å². The minimum atomic E-state index is -0.795. The first-order valence-electron chi connectivity index (χ1n) is 7.13. The maximum atomic E-state index is 12.3. The molecule has 0 aromatic carbocycles. The molecule has 0 radical (unpaired) electrons. The quantitative estimate of drug-likeness (QED) is 0.847. The number of amides is 1. The van der Waals surface area contributed by atoms with E-state index in [-0.39, 0.29) is 11.9 Å². The number of thiophene rings is 1. The van der Waals surface area contributed by atoms with Crippen LogP contribution in [0.4, 0.5) is 0 Å². The van der Waals surface area contributed by atoms with Crippen LogP contribution >= 0.6 is 11.3 Å². The average molecular weight is 339 g/mol. The van der Waals surface area contributed by atoms with E-state index in [1.807, 2.05) is 23.8 Å². The molecule has 2 aromatic heterocycles. The maximum absolute atomic E-state index is 12.3. The van der Waals surface area contributed by atoms with Gasteiger partial charge in [-0.3, -0.25) is 9.00 Å². The molecular weight excluding hydrogens is 322 g/mol. The predicted molar refractivity (Wildman–Crippen MR) is 85.0 cm³/mol. The maximum Gasteiger partial charge on any atom is 0.227 e. The molecule has 3 rings (SSSR count). The van der Waals surface area contributed by atoms with Crippen LogP contribution in [0.2, 0.25) is 0 Å². The molecule has 2 atom stereocenters. The van der Waals surface area contributed by atoms with Gasteiger partial charge < -0.3 is 9.42 Å². The molecule has 0 aliphatic carbocycles. The SMILES string of the molecule is CC1CS(=O)CCN1C(=O)CCc1nc(-c2ccsc2)no1. The number of hydrogen-bond donors (Lipinski definition) is 0. The Labute approximate surface area is 135 Å². The molecule has 6 nitrogen and oxygen atoms in total. The molecule has 8 heteroatoms. The molecule has 1 amide bonds. The van der Waals surface area contributed by atoms with Crippen LogP contribution < -0.4 is 0 Å². The molecule has 118 valence electrons. The van der Waals surface area contributed by atoms with Gasteiger partial charge in [0.15, 0.2) is 0 Å². The van der Waals surface area contributed by atoms with Crippen LogP contribution in [0.1, 0.15) is 19.2 Å². The smallest absolute Gasteiger partial charge is 0.227 e. The fraction of sp³-hybridized carbons (Fsp3) is 0.500. The minimum absolute atomic E-state index is 0.0335. The van der Waals surface area contributed by atoms with Crippen molar-refractivity contribution in [2.75, 3.05) is 18.1 Å². The Balaban J connectivity index is 1.56. The highest BCUT2D eigenvalue weighted by molar-refractivity contribution is 7.85. The highest BCUT2D eigenvalue weighted by atomic mass is 32.2. The summed E-state index contributed by atoms with van der Waals surface area (Å²) in [5, 5.41) is 7.84. The number of rotatable bonds is 4. The highest BCUT2D eigenvalue weighted by Crippen LogP contribution is 2.19. The molecule has 2 unspecified atom stereocenters. The molecule has 0 saturated carbocycles. The molecule has 1 aliphatic heterocycles. The van der Waals surface area contributed by atoms with Crippen LogP contribution in [0.3, 0.4) is 0 Å². The van der Waals surface area contributed by atoms with Gasteiger partial charge in [0.2, 0.25) is 17.6 Å². The summed E-state index contributed by atoms with van der Waals surface area (Å²) < 4.78 is 16.7. The number of carbonyl (C=O) groups is 1. The third-order valence-corrected chi connectivity index (χ3v) is 5.81. The van der Waals surface area contributed by atoms with Crippen molar-refractivity contribution in [1.29, 1.82) is 0 Å². The molecular formula is C14H17N3O3S2. The van der Waals surface area contributed by atoms with Crippen LogP contribution in [0, 0.1) is 0 Å². The van der Waals surface area contributed by atoms with Crippen molar-refractivity contribution >= 4 is 28.0 Å². The van der Waals surface area contributed by atoms with Gasteiger partial charge in [0.25, 0.3) is 0 Å². The average Bonchev–Trinajstić information content (AvgIpc) is 3.16. The second-order valence-electron chi connectivity index (χ2n) is 5.27. The van der Waals surface area contributed by atoms with Crippen molar-refractivity contribution < 1.29 is 13.5 Å². The molecule has 0 N–H and O–H groups in total. The van der Waals surface area contributed by atoms with Gasteiger partial charge in [-0.2, -0.15) is 16.3 Å². The normalized spacial score (nSPS) is 22.0. The zero-order valence-electron chi connectivity index (χ0n) is 12.2. The van der Waals surface area contributed by atoms with Crippen molar-refractivity contribution in [1.82, 2.24) is 15.0 Å². The van der Waals surface area contributed by atoms with Crippen molar-refractivity contribution in [2.45, 2.75) is 25.8 Å². The lowest BCUT2D eigenvalue weighted by atomic mass is 10.2. The third kappa shape index (κ3) is 3.44. The number of nitrogens with zero attached hydrogens (tertiary/aromatic N) is 3. The topological polar surface area (TPSA) is 76.3 Å². The Kier molecular flexibility index (Phi) is 4.68. The van der Waals surface area contributed by atoms with Gasteiger partial charge in [0.1, 0.15) is 0 Å². The predicted octanol–water partition coefficient (Wildman–Crippen LogP) is 1.71. The molecule has 1 fully saturated rings. The Bertz CT molecular complexity index is 669. The molecule has 22 heavy (non-hydrogen) atoms. The van der Waals surface area contributed by atoms with E-state index in [0.717, 1.165) is 5.56 Å². The van der Waals surface area contributed by atoms with Gasteiger partial charge in [-0.15, -0.1) is 0 Å². The van der Waals surface area contributed by atoms with Gasteiger partial charge in [0.05, 0.1) is 0 Å². The molecule has 3 heterocycles. The second kappa shape index (κ2) is 6.70. The first-order chi connectivity index (χ1) is 10.6. The lowest BCUT2D eigenvalue weighted by Gasteiger charge is -2.32. The molecule has 1 aliphatic rings. The van der Waals surface area contributed by atoms with Gasteiger partial charge in [-0.05, 0) is 18.4 Å². The summed E-state index contributed by atoms with van der Waals surface area (Å²) in [4.78, 5) is 18.4. The number of carbonyl (C=O) groups excluding carboxylic acids is 1. The van der Waals surface area contributed by atoms with Crippen LogP contribution in [0.15, 0.2) is 21.3 Å². The van der Waals surface area contributed by atoms with E-state index in [1.54, 1.807) is 16.2 Å². The van der Waals surface area contributed by atoms with Gasteiger partial charge in [-0.25, -0.2) is 0 Å². The van der Waals surface area contributed by atoms with Gasteiger partial charge in [0, 0.05) is 58.7 Å². The lowest BCUT2D eigenvalue weighted by Crippen LogP contribution is -2.48. The number of hydrogen-bond acceptors (Lipinski definition) is 6. The minimum Gasteiger partial charge on any atom is -0.339 e. The Morgan fingerprint density at radius 2 is 2.45 bits per heavy atom. The Hall–Kier alpha value is -1.54. The third-order valence-electron chi connectivity index (χ3n) is 3.64. The first kappa shape index (κ1) is 15.4. The molecule has 2 aromatic rings. The standard InChI is InChI=1S/C14H17N3O3S2/c1-10-9-22(19)7-5-17(10)13(18)3-2-12-15-14(16-20-12)11-4-6-21-8-11/h4,6,8,10H,2-3,5,7,9H2,1H3. The van der Waals surface area contributed by atoms with E-state index in [1.165, 1.54) is 0 Å². The molecule has 0 bridgehead atoms. The summed E-state index contributed by atoms with van der Waals surface area (Å²) in [6.07, 6.45) is 0.768. The Morgan fingerprint density at radius 3 is 3.18 bits per heavy atom. The highest BCUT2D eigenvalue weighted by Gasteiger charge is 2.26. The van der Waals surface area contributed by atoms with Crippen LogP contribution in [0.25, 0.3) is 11.4 Å².